The molecule has 1 aliphatic rings. The van der Waals surface area contributed by atoms with Gasteiger partial charge in [0.2, 0.25) is 5.27 Å². The summed E-state index contributed by atoms with van der Waals surface area (Å²) in [6, 6.07) is 9.56. The van der Waals surface area contributed by atoms with Crippen LogP contribution in [0.15, 0.2) is 41.1 Å². The molecule has 156 valence electrons. The van der Waals surface area contributed by atoms with Crippen molar-refractivity contribution in [3.63, 3.8) is 0 Å². The highest BCUT2D eigenvalue weighted by Crippen LogP contribution is 2.10. The van der Waals surface area contributed by atoms with Crippen molar-refractivity contribution in [2.45, 2.75) is 32.1 Å². The van der Waals surface area contributed by atoms with Crippen LogP contribution in [0.2, 0.25) is 0 Å². The first kappa shape index (κ1) is 24.2. The van der Waals surface area contributed by atoms with Gasteiger partial charge >= 0.3 is 0 Å². The molecule has 0 aliphatic carbocycles. The number of carbonyl (C=O) groups is 1. The Balaban J connectivity index is 0.00000196. The molecule has 0 saturated carbocycles. The van der Waals surface area contributed by atoms with Crippen LogP contribution in [0.25, 0.3) is 5.73 Å². The van der Waals surface area contributed by atoms with E-state index < -0.39 is 0 Å². The number of carbonyl (C=O) groups excluding carboxylic acids is 1. The number of hydrogen-bond acceptors (Lipinski definition) is 5. The van der Waals surface area contributed by atoms with E-state index in [0.717, 1.165) is 51.1 Å². The Morgan fingerprint density at radius 2 is 1.71 bits per heavy atom. The van der Waals surface area contributed by atoms with Crippen LogP contribution in [-0.2, 0) is 0 Å². The second-order valence-corrected chi connectivity index (χ2v) is 6.74. The maximum absolute atomic E-state index is 12.0. The van der Waals surface area contributed by atoms with Gasteiger partial charge in [-0.05, 0) is 19.4 Å². The number of aromatic nitrogens is 2. The van der Waals surface area contributed by atoms with Gasteiger partial charge in [-0.1, -0.05) is 43.2 Å². The topological polar surface area (TPSA) is 77.3 Å². The molecule has 1 aliphatic heterocycles. The summed E-state index contributed by atoms with van der Waals surface area (Å²) in [5.74, 6) is 0.334. The molecule has 0 spiro atoms. The minimum atomic E-state index is 0. The van der Waals surface area contributed by atoms with Crippen molar-refractivity contribution in [1.29, 1.82) is 0 Å². The van der Waals surface area contributed by atoms with Gasteiger partial charge < -0.3 is 10.3 Å². The normalized spacial score (nSPS) is 14.2. The zero-order valence-electron chi connectivity index (χ0n) is 16.0. The first-order valence-corrected chi connectivity index (χ1v) is 9.38. The summed E-state index contributed by atoms with van der Waals surface area (Å²) in [6.45, 7) is 4.89. The van der Waals surface area contributed by atoms with Gasteiger partial charge in [-0.3, -0.25) is 9.69 Å². The third-order valence-corrected chi connectivity index (χ3v) is 4.82. The first-order valence-electron chi connectivity index (χ1n) is 9.38. The van der Waals surface area contributed by atoms with Gasteiger partial charge in [-0.2, -0.15) is 5.01 Å². The van der Waals surface area contributed by atoms with Crippen LogP contribution >= 0.6 is 24.8 Å². The van der Waals surface area contributed by atoms with Crippen LogP contribution in [0.1, 0.15) is 42.5 Å². The lowest BCUT2D eigenvalue weighted by Crippen LogP contribution is -2.65. The first-order chi connectivity index (χ1) is 12.7. The van der Waals surface area contributed by atoms with Gasteiger partial charge in [-0.15, -0.1) is 24.8 Å². The number of nitrogens with one attached hydrogen (secondary N) is 1. The highest BCUT2D eigenvalue weighted by molar-refractivity contribution is 5.95. The number of piperazine rings is 1. The van der Waals surface area contributed by atoms with E-state index in [0.29, 0.717) is 6.42 Å². The lowest BCUT2D eigenvalue weighted by atomic mass is 10.0. The molecule has 0 amide bonds. The Labute approximate surface area is 178 Å². The van der Waals surface area contributed by atoms with Crippen LogP contribution in [0.3, 0.4) is 0 Å². The van der Waals surface area contributed by atoms with Crippen molar-refractivity contribution in [3.8, 4) is 0 Å². The van der Waals surface area contributed by atoms with Crippen molar-refractivity contribution in [3.05, 3.63) is 47.8 Å². The molecule has 1 N–H and O–H groups in total. The molecular weight excluding hydrogens is 401 g/mol. The van der Waals surface area contributed by atoms with Gasteiger partial charge in [0.15, 0.2) is 5.78 Å². The van der Waals surface area contributed by atoms with Crippen LogP contribution in [0, 0.1) is 0 Å². The van der Waals surface area contributed by atoms with E-state index >= 15 is 0 Å². The molecule has 0 unspecified atom stereocenters. The van der Waals surface area contributed by atoms with Crippen LogP contribution in [-0.4, -0.2) is 48.7 Å². The molecule has 3 rings (SSSR count). The smallest absolute Gasteiger partial charge is 0.256 e. The maximum Gasteiger partial charge on any atom is 0.256 e. The van der Waals surface area contributed by atoms with Gasteiger partial charge in [-0.25, -0.2) is 0 Å². The molecule has 1 aromatic heterocycles. The number of hydrogen-bond donors (Lipinski definition) is 0. The lowest BCUT2D eigenvalue weighted by Gasteiger charge is -2.29. The monoisotopic (exact) mass is 429 g/mol. The van der Waals surface area contributed by atoms with Gasteiger partial charge in [0, 0.05) is 25.1 Å². The largest absolute Gasteiger partial charge is 0.660 e. The van der Waals surface area contributed by atoms with Crippen molar-refractivity contribution in [2.24, 2.45) is 0 Å². The zero-order valence-corrected chi connectivity index (χ0v) is 17.6. The van der Waals surface area contributed by atoms with Crippen molar-refractivity contribution in [1.82, 2.24) is 10.2 Å². The number of nitrogens with zero attached hydrogens (tertiary/aromatic N) is 4. The molecular formula is C19H29Cl2N5O2. The highest BCUT2D eigenvalue weighted by atomic mass is 35.5. The molecule has 9 heteroatoms. The second kappa shape index (κ2) is 12.6. The van der Waals surface area contributed by atoms with E-state index in [1.54, 1.807) is 11.0 Å². The summed E-state index contributed by atoms with van der Waals surface area (Å²) < 4.78 is 4.79. The van der Waals surface area contributed by atoms with E-state index in [1.807, 2.05) is 30.3 Å². The second-order valence-electron chi connectivity index (χ2n) is 6.74. The van der Waals surface area contributed by atoms with Crippen molar-refractivity contribution < 1.29 is 14.1 Å². The number of Topliss-reactive ketones (excluding diaryl/α,β-unsaturated/α-hetero) is 1. The molecule has 2 heterocycles. The van der Waals surface area contributed by atoms with Crippen molar-refractivity contribution >= 4 is 36.5 Å². The van der Waals surface area contributed by atoms with Crippen molar-refractivity contribution in [2.75, 3.05) is 37.7 Å². The highest BCUT2D eigenvalue weighted by Gasteiger charge is 2.24. The Kier molecular flexibility index (Phi) is 10.9. The zero-order chi connectivity index (χ0) is 18.2. The Morgan fingerprint density at radius 1 is 1.04 bits per heavy atom. The summed E-state index contributed by atoms with van der Waals surface area (Å²) in [6.07, 6.45) is 6.66. The third kappa shape index (κ3) is 7.30. The molecule has 1 aromatic carbocycles. The molecule has 7 nitrogen and oxygen atoms in total. The molecule has 28 heavy (non-hydrogen) atoms. The summed E-state index contributed by atoms with van der Waals surface area (Å²) in [4.78, 5) is 16.1. The Bertz CT molecular complexity index is 691. The number of ketones is 1. The molecule has 1 saturated heterocycles. The number of halogens is 2. The van der Waals surface area contributed by atoms with E-state index in [4.69, 9.17) is 10.3 Å². The fraction of sp³-hybridized carbons (Fsp3) is 0.526. The Hall–Kier alpha value is -1.83. The standard InChI is InChI=1S/C19H27N5O2.2ClH/c20-19-16-24(21-26-19)23-14-12-22(13-15-23)11-7-2-1-6-10-18(25)17-8-4-3-5-9-17;;/h3-5,8-9,16H,1-2,6-7,10-15H2,(H-,20,21);2*1H. The summed E-state index contributed by atoms with van der Waals surface area (Å²) >= 11 is 0. The van der Waals surface area contributed by atoms with Crippen LogP contribution in [0.4, 0.5) is 5.88 Å². The average Bonchev–Trinajstić information content (AvgIpc) is 3.12. The molecule has 2 aromatic rings. The fourth-order valence-electron chi connectivity index (χ4n) is 3.28. The third-order valence-electron chi connectivity index (χ3n) is 4.82. The van der Waals surface area contributed by atoms with Crippen LogP contribution < -0.4 is 9.80 Å². The Morgan fingerprint density at radius 3 is 2.36 bits per heavy atom. The summed E-state index contributed by atoms with van der Waals surface area (Å²) in [7, 11) is 0. The van der Waals surface area contributed by atoms with Gasteiger partial charge in [0.1, 0.15) is 5.88 Å². The lowest BCUT2D eigenvalue weighted by molar-refractivity contribution is -0.759. The average molecular weight is 430 g/mol. The van der Waals surface area contributed by atoms with Gasteiger partial charge in [0.25, 0.3) is 6.20 Å². The minimum absolute atomic E-state index is 0. The molecule has 0 bridgehead atoms. The molecule has 1 fully saturated rings. The predicted molar refractivity (Wildman–Crippen MR) is 113 cm³/mol. The number of rotatable bonds is 9. The predicted octanol–water partition coefficient (Wildman–Crippen LogP) is 3.58. The van der Waals surface area contributed by atoms with Crippen LogP contribution in [0.5, 0.6) is 0 Å². The number of benzene rings is 1. The number of unbranched alkanes of at least 4 members (excludes halogenated alkanes) is 3. The summed E-state index contributed by atoms with van der Waals surface area (Å²) in [5.41, 5.74) is 8.21. The minimum Gasteiger partial charge on any atom is -0.660 e. The fourth-order valence-corrected chi connectivity index (χ4v) is 3.28. The van der Waals surface area contributed by atoms with Gasteiger partial charge in [0.05, 0.1) is 17.9 Å². The van der Waals surface area contributed by atoms with E-state index in [-0.39, 0.29) is 36.5 Å². The van der Waals surface area contributed by atoms with E-state index in [1.165, 1.54) is 12.8 Å². The van der Waals surface area contributed by atoms with E-state index in [2.05, 4.69) is 15.2 Å². The maximum atomic E-state index is 12.0. The molecule has 0 radical (unpaired) electrons. The SMILES string of the molecule is Cl.Cl.[NH-]c1c[n+](N2CCN(CCCCCCC(=O)c3ccccc3)CC2)no1. The molecule has 0 atom stereocenters. The van der Waals surface area contributed by atoms with E-state index in [9.17, 15) is 4.79 Å². The summed E-state index contributed by atoms with van der Waals surface area (Å²) in [5, 5.41) is 5.92. The quantitative estimate of drug-likeness (QED) is 0.345.